The first-order valence-corrected chi connectivity index (χ1v) is 7.20. The third kappa shape index (κ3) is 3.27. The van der Waals surface area contributed by atoms with Crippen molar-refractivity contribution in [3.05, 3.63) is 35.4 Å². The van der Waals surface area contributed by atoms with Crippen molar-refractivity contribution in [3.8, 4) is 0 Å². The summed E-state index contributed by atoms with van der Waals surface area (Å²) >= 11 is 0. The molecule has 0 aliphatic heterocycles. The van der Waals surface area contributed by atoms with E-state index in [4.69, 9.17) is 5.11 Å². The summed E-state index contributed by atoms with van der Waals surface area (Å²) in [5, 5.41) is 9.16. The lowest BCUT2D eigenvalue weighted by atomic mass is 10.1. The van der Waals surface area contributed by atoms with Gasteiger partial charge in [0, 0.05) is 31.3 Å². The van der Waals surface area contributed by atoms with E-state index in [1.54, 1.807) is 38.4 Å². The topological polar surface area (TPSA) is 77.9 Å². The summed E-state index contributed by atoms with van der Waals surface area (Å²) in [6, 6.07) is 5.47. The Morgan fingerprint density at radius 2 is 1.50 bits per heavy atom. The van der Waals surface area contributed by atoms with E-state index in [1.807, 2.05) is 0 Å². The summed E-state index contributed by atoms with van der Waals surface area (Å²) in [6.07, 6.45) is 1.67. The van der Waals surface area contributed by atoms with E-state index >= 15 is 0 Å². The molecule has 1 saturated carbocycles. The molecule has 1 aliphatic carbocycles. The highest BCUT2D eigenvalue weighted by Crippen LogP contribution is 2.30. The number of hydrogen-bond acceptors (Lipinski definition) is 3. The average molecular weight is 304 g/mol. The van der Waals surface area contributed by atoms with Crippen LogP contribution in [0.15, 0.2) is 24.3 Å². The van der Waals surface area contributed by atoms with Crippen molar-refractivity contribution < 1.29 is 19.5 Å². The fourth-order valence-electron chi connectivity index (χ4n) is 2.29. The molecule has 1 aromatic carbocycles. The van der Waals surface area contributed by atoms with Crippen molar-refractivity contribution in [1.29, 1.82) is 0 Å². The van der Waals surface area contributed by atoms with E-state index in [9.17, 15) is 14.4 Å². The molecule has 1 aliphatic rings. The van der Waals surface area contributed by atoms with Crippen LogP contribution in [-0.2, 0) is 4.79 Å². The Kier molecular flexibility index (Phi) is 4.49. The number of benzene rings is 1. The number of amides is 2. The molecule has 0 aromatic heterocycles. The standard InChI is InChI=1S/C16H20N2O4/c1-10(16(21)22)18(13-8-9-13)15(20)12-6-4-11(5-7-12)14(19)17(2)3/h4-7,10,13H,8-9H2,1-3H3,(H,21,22). The Morgan fingerprint density at radius 3 is 1.86 bits per heavy atom. The number of nitrogens with zero attached hydrogens (tertiary/aromatic N) is 2. The summed E-state index contributed by atoms with van der Waals surface area (Å²) in [5.41, 5.74) is 0.890. The van der Waals surface area contributed by atoms with Gasteiger partial charge in [-0.25, -0.2) is 4.79 Å². The number of aliphatic carboxylic acids is 1. The van der Waals surface area contributed by atoms with Crippen LogP contribution >= 0.6 is 0 Å². The molecule has 0 radical (unpaired) electrons. The molecule has 0 spiro atoms. The van der Waals surface area contributed by atoms with Crippen LogP contribution in [0.4, 0.5) is 0 Å². The van der Waals surface area contributed by atoms with E-state index in [1.165, 1.54) is 16.7 Å². The molecule has 118 valence electrons. The minimum Gasteiger partial charge on any atom is -0.480 e. The normalized spacial score (nSPS) is 15.0. The minimum absolute atomic E-state index is 0.00156. The molecule has 2 amide bonds. The average Bonchev–Trinajstić information content (AvgIpc) is 3.31. The molecule has 0 bridgehead atoms. The van der Waals surface area contributed by atoms with Gasteiger partial charge in [0.2, 0.25) is 0 Å². The maximum atomic E-state index is 12.6. The quantitative estimate of drug-likeness (QED) is 0.893. The number of carbonyl (C=O) groups excluding carboxylic acids is 2. The second-order valence-corrected chi connectivity index (χ2v) is 5.73. The molecule has 1 fully saturated rings. The second kappa shape index (κ2) is 6.17. The second-order valence-electron chi connectivity index (χ2n) is 5.73. The molecule has 22 heavy (non-hydrogen) atoms. The van der Waals surface area contributed by atoms with Crippen LogP contribution in [0.2, 0.25) is 0 Å². The van der Waals surface area contributed by atoms with Crippen molar-refractivity contribution in [2.75, 3.05) is 14.1 Å². The third-order valence-corrected chi connectivity index (χ3v) is 3.73. The zero-order chi connectivity index (χ0) is 16.4. The van der Waals surface area contributed by atoms with Crippen LogP contribution in [0, 0.1) is 0 Å². The van der Waals surface area contributed by atoms with E-state index < -0.39 is 12.0 Å². The SMILES string of the molecule is CC(C(=O)O)N(C(=O)c1ccc(C(=O)N(C)C)cc1)C1CC1. The molecular formula is C16H20N2O4. The van der Waals surface area contributed by atoms with Crippen molar-refractivity contribution in [1.82, 2.24) is 9.80 Å². The van der Waals surface area contributed by atoms with Crippen molar-refractivity contribution in [2.24, 2.45) is 0 Å². The Labute approximate surface area is 129 Å². The highest BCUT2D eigenvalue weighted by molar-refractivity contribution is 5.99. The van der Waals surface area contributed by atoms with Gasteiger partial charge in [-0.15, -0.1) is 0 Å². The molecule has 1 aromatic rings. The lowest BCUT2D eigenvalue weighted by molar-refractivity contribution is -0.141. The van der Waals surface area contributed by atoms with Gasteiger partial charge in [0.25, 0.3) is 11.8 Å². The van der Waals surface area contributed by atoms with Gasteiger partial charge in [-0.2, -0.15) is 0 Å². The number of carbonyl (C=O) groups is 3. The first-order chi connectivity index (χ1) is 10.3. The first kappa shape index (κ1) is 16.0. The molecule has 1 unspecified atom stereocenters. The Balaban J connectivity index is 2.21. The van der Waals surface area contributed by atoms with Crippen LogP contribution in [-0.4, -0.2) is 58.9 Å². The number of carboxylic acids is 1. The van der Waals surface area contributed by atoms with Gasteiger partial charge < -0.3 is 14.9 Å². The van der Waals surface area contributed by atoms with Gasteiger partial charge in [-0.1, -0.05) is 0 Å². The van der Waals surface area contributed by atoms with Gasteiger partial charge in [0.1, 0.15) is 6.04 Å². The van der Waals surface area contributed by atoms with Gasteiger partial charge in [0.05, 0.1) is 0 Å². The molecular weight excluding hydrogens is 284 g/mol. The Morgan fingerprint density at radius 1 is 1.05 bits per heavy atom. The highest BCUT2D eigenvalue weighted by atomic mass is 16.4. The molecule has 0 heterocycles. The smallest absolute Gasteiger partial charge is 0.326 e. The first-order valence-electron chi connectivity index (χ1n) is 7.20. The van der Waals surface area contributed by atoms with Crippen LogP contribution < -0.4 is 0 Å². The predicted molar refractivity (Wildman–Crippen MR) is 80.7 cm³/mol. The van der Waals surface area contributed by atoms with Crippen molar-refractivity contribution in [2.45, 2.75) is 31.8 Å². The van der Waals surface area contributed by atoms with E-state index in [-0.39, 0.29) is 17.9 Å². The van der Waals surface area contributed by atoms with Gasteiger partial charge in [-0.3, -0.25) is 9.59 Å². The van der Waals surface area contributed by atoms with E-state index in [0.29, 0.717) is 11.1 Å². The molecule has 6 nitrogen and oxygen atoms in total. The van der Waals surface area contributed by atoms with Crippen LogP contribution in [0.3, 0.4) is 0 Å². The fraction of sp³-hybridized carbons (Fsp3) is 0.438. The van der Waals surface area contributed by atoms with Gasteiger partial charge in [0.15, 0.2) is 0 Å². The highest BCUT2D eigenvalue weighted by Gasteiger charge is 2.38. The van der Waals surface area contributed by atoms with E-state index in [0.717, 1.165) is 12.8 Å². The van der Waals surface area contributed by atoms with Gasteiger partial charge >= 0.3 is 5.97 Å². The lowest BCUT2D eigenvalue weighted by Gasteiger charge is -2.26. The summed E-state index contributed by atoms with van der Waals surface area (Å²) in [5.74, 6) is -1.46. The summed E-state index contributed by atoms with van der Waals surface area (Å²) < 4.78 is 0. The summed E-state index contributed by atoms with van der Waals surface area (Å²) in [7, 11) is 3.32. The van der Waals surface area contributed by atoms with Crippen molar-refractivity contribution >= 4 is 17.8 Å². The maximum absolute atomic E-state index is 12.6. The third-order valence-electron chi connectivity index (χ3n) is 3.73. The predicted octanol–water partition coefficient (Wildman–Crippen LogP) is 1.47. The Bertz CT molecular complexity index is 591. The van der Waals surface area contributed by atoms with Crippen LogP contribution in [0.1, 0.15) is 40.5 Å². The lowest BCUT2D eigenvalue weighted by Crippen LogP contribution is -2.44. The molecule has 1 atom stereocenters. The van der Waals surface area contributed by atoms with Crippen LogP contribution in [0.25, 0.3) is 0 Å². The van der Waals surface area contributed by atoms with Gasteiger partial charge in [-0.05, 0) is 44.0 Å². The zero-order valence-electron chi connectivity index (χ0n) is 12.9. The zero-order valence-corrected chi connectivity index (χ0v) is 12.9. The van der Waals surface area contributed by atoms with E-state index in [2.05, 4.69) is 0 Å². The maximum Gasteiger partial charge on any atom is 0.326 e. The van der Waals surface area contributed by atoms with Crippen LogP contribution in [0.5, 0.6) is 0 Å². The molecule has 1 N–H and O–H groups in total. The summed E-state index contributed by atoms with van der Waals surface area (Å²) in [6.45, 7) is 1.52. The number of carboxylic acid groups (broad SMARTS) is 1. The number of hydrogen-bond donors (Lipinski definition) is 1. The molecule has 2 rings (SSSR count). The largest absolute Gasteiger partial charge is 0.480 e. The minimum atomic E-state index is -1.01. The summed E-state index contributed by atoms with van der Waals surface area (Å²) in [4.78, 5) is 38.4. The Hall–Kier alpha value is -2.37. The fourth-order valence-corrected chi connectivity index (χ4v) is 2.29. The molecule has 0 saturated heterocycles. The molecule has 6 heteroatoms. The number of rotatable bonds is 5. The van der Waals surface area contributed by atoms with Crippen molar-refractivity contribution in [3.63, 3.8) is 0 Å². The monoisotopic (exact) mass is 304 g/mol.